The molecule has 9 heteroatoms. The number of fused-ring (bicyclic) bond motifs is 1. The lowest BCUT2D eigenvalue weighted by Crippen LogP contribution is -2.48. The molecule has 34 heavy (non-hydrogen) atoms. The Kier molecular flexibility index (Phi) is 6.31. The Morgan fingerprint density at radius 1 is 1.03 bits per heavy atom. The second-order valence-corrected chi connectivity index (χ2v) is 9.03. The van der Waals surface area contributed by atoms with Gasteiger partial charge in [0.1, 0.15) is 5.52 Å². The Labute approximate surface area is 195 Å². The molecule has 2 aliphatic rings. The number of carbonyl (C=O) groups excluding carboxylic acids is 1. The third-order valence-corrected chi connectivity index (χ3v) is 6.75. The first-order chi connectivity index (χ1) is 16.4. The van der Waals surface area contributed by atoms with Gasteiger partial charge >= 0.3 is 12.1 Å². The molecule has 0 spiro atoms. The van der Waals surface area contributed by atoms with Gasteiger partial charge in [-0.25, -0.2) is 4.98 Å². The van der Waals surface area contributed by atoms with Crippen molar-refractivity contribution in [3.8, 4) is 0 Å². The molecule has 1 amide bonds. The molecule has 0 radical (unpaired) electrons. The maximum Gasteiger partial charge on any atom is 0.416 e. The summed E-state index contributed by atoms with van der Waals surface area (Å²) in [5.41, 5.74) is 2.73. The second kappa shape index (κ2) is 9.38. The number of piperidine rings is 1. The van der Waals surface area contributed by atoms with Crippen molar-refractivity contribution >= 4 is 17.0 Å². The minimum atomic E-state index is -4.33. The quantitative estimate of drug-likeness (QED) is 0.615. The van der Waals surface area contributed by atoms with Crippen LogP contribution >= 0.6 is 0 Å². The topological polar surface area (TPSA) is 61.6 Å². The molecule has 2 fully saturated rings. The first-order valence-electron chi connectivity index (χ1n) is 11.7. The zero-order valence-corrected chi connectivity index (χ0v) is 18.8. The maximum absolute atomic E-state index is 13.0. The number of hydrogen-bond acceptors (Lipinski definition) is 5. The Morgan fingerprint density at radius 3 is 2.41 bits per heavy atom. The van der Waals surface area contributed by atoms with Crippen LogP contribution in [0.1, 0.15) is 46.1 Å². The highest BCUT2D eigenvalue weighted by molar-refractivity contribution is 5.92. The Hall–Kier alpha value is -2.91. The number of rotatable bonds is 4. The average Bonchev–Trinajstić information content (AvgIpc) is 3.28. The number of aromatic nitrogens is 1. The molecule has 2 aliphatic heterocycles. The van der Waals surface area contributed by atoms with E-state index in [-0.39, 0.29) is 11.8 Å². The predicted molar refractivity (Wildman–Crippen MR) is 121 cm³/mol. The lowest BCUT2D eigenvalue weighted by atomic mass is 9.90. The highest BCUT2D eigenvalue weighted by Gasteiger charge is 2.30. The van der Waals surface area contributed by atoms with Gasteiger partial charge in [-0.15, -0.1) is 0 Å². The third kappa shape index (κ3) is 4.95. The van der Waals surface area contributed by atoms with E-state index in [4.69, 9.17) is 4.42 Å². The van der Waals surface area contributed by atoms with Crippen molar-refractivity contribution in [2.45, 2.75) is 31.5 Å². The number of piperazine rings is 1. The maximum atomic E-state index is 13.0. The molecule has 0 saturated carbocycles. The van der Waals surface area contributed by atoms with Crippen LogP contribution in [0.5, 0.6) is 0 Å². The van der Waals surface area contributed by atoms with Crippen molar-refractivity contribution in [1.82, 2.24) is 20.1 Å². The van der Waals surface area contributed by atoms with Crippen molar-refractivity contribution < 1.29 is 22.4 Å². The summed E-state index contributed by atoms with van der Waals surface area (Å²) in [6.45, 7) is 4.85. The van der Waals surface area contributed by atoms with E-state index in [1.807, 2.05) is 12.1 Å². The van der Waals surface area contributed by atoms with Crippen molar-refractivity contribution in [2.75, 3.05) is 39.3 Å². The van der Waals surface area contributed by atoms with Gasteiger partial charge in [0.2, 0.25) is 0 Å². The fourth-order valence-electron chi connectivity index (χ4n) is 4.75. The van der Waals surface area contributed by atoms with Crippen molar-refractivity contribution in [1.29, 1.82) is 0 Å². The number of alkyl halides is 3. The first-order valence-corrected chi connectivity index (χ1v) is 11.7. The van der Waals surface area contributed by atoms with Crippen LogP contribution in [-0.2, 0) is 12.7 Å². The first kappa shape index (κ1) is 22.9. The predicted octanol–water partition coefficient (Wildman–Crippen LogP) is 4.27. The van der Waals surface area contributed by atoms with Gasteiger partial charge in [0.25, 0.3) is 5.89 Å². The molecule has 6 nitrogen and oxygen atoms in total. The van der Waals surface area contributed by atoms with Crippen molar-refractivity contribution in [3.63, 3.8) is 0 Å². The molecule has 0 atom stereocenters. The molecule has 5 rings (SSSR count). The van der Waals surface area contributed by atoms with Gasteiger partial charge in [0, 0.05) is 32.7 Å². The zero-order chi connectivity index (χ0) is 23.7. The summed E-state index contributed by atoms with van der Waals surface area (Å²) >= 11 is 0. The Morgan fingerprint density at radius 2 is 1.74 bits per heavy atom. The van der Waals surface area contributed by atoms with E-state index in [0.717, 1.165) is 43.6 Å². The second-order valence-electron chi connectivity index (χ2n) is 9.03. The number of nitrogens with zero attached hydrogens (tertiary/aromatic N) is 3. The van der Waals surface area contributed by atoms with Crippen LogP contribution in [-0.4, -0.2) is 60.0 Å². The number of hydrogen-bond donors (Lipinski definition) is 1. The van der Waals surface area contributed by atoms with Crippen LogP contribution in [0.15, 0.2) is 46.9 Å². The van der Waals surface area contributed by atoms with Gasteiger partial charge < -0.3 is 14.6 Å². The minimum Gasteiger partial charge on any atom is -0.432 e. The molecule has 1 aromatic heterocycles. The molecule has 0 aliphatic carbocycles. The van der Waals surface area contributed by atoms with Crippen LogP contribution in [0.25, 0.3) is 11.1 Å². The fourth-order valence-corrected chi connectivity index (χ4v) is 4.75. The SMILES string of the molecule is O=C(c1nc2cc(C3CCNCC3)ccc2o1)N1CCN(Cc2ccc(C(F)(F)F)cc2)CC1. The number of benzene rings is 2. The Balaban J connectivity index is 1.19. The fraction of sp³-hybridized carbons (Fsp3) is 0.440. The van der Waals surface area contributed by atoms with Gasteiger partial charge in [0.15, 0.2) is 5.58 Å². The molecule has 3 heterocycles. The number of oxazole rings is 1. The average molecular weight is 473 g/mol. The Bertz CT molecular complexity index is 1150. The molecule has 180 valence electrons. The van der Waals surface area contributed by atoms with Gasteiger partial charge in [-0.1, -0.05) is 18.2 Å². The van der Waals surface area contributed by atoms with Gasteiger partial charge in [-0.05, 0) is 67.2 Å². The lowest BCUT2D eigenvalue weighted by molar-refractivity contribution is -0.137. The highest BCUT2D eigenvalue weighted by atomic mass is 19.4. The summed E-state index contributed by atoms with van der Waals surface area (Å²) < 4.78 is 44.0. The van der Waals surface area contributed by atoms with Gasteiger partial charge in [-0.2, -0.15) is 13.2 Å². The zero-order valence-electron chi connectivity index (χ0n) is 18.8. The summed E-state index contributed by atoms with van der Waals surface area (Å²) in [7, 11) is 0. The van der Waals surface area contributed by atoms with E-state index in [2.05, 4.69) is 21.3 Å². The summed E-state index contributed by atoms with van der Waals surface area (Å²) in [6, 6.07) is 11.2. The molecule has 0 unspecified atom stereocenters. The molecular weight excluding hydrogens is 445 g/mol. The minimum absolute atomic E-state index is 0.105. The summed E-state index contributed by atoms with van der Waals surface area (Å²) in [5.74, 6) is 0.377. The van der Waals surface area contributed by atoms with E-state index in [1.54, 1.807) is 4.90 Å². The van der Waals surface area contributed by atoms with E-state index in [0.29, 0.717) is 49.7 Å². The van der Waals surface area contributed by atoms with Crippen molar-refractivity contribution in [2.24, 2.45) is 0 Å². The molecule has 1 N–H and O–H groups in total. The normalized spacial score (nSPS) is 18.5. The van der Waals surface area contributed by atoms with E-state index in [1.165, 1.54) is 17.7 Å². The van der Waals surface area contributed by atoms with Gasteiger partial charge in [0.05, 0.1) is 5.56 Å². The smallest absolute Gasteiger partial charge is 0.416 e. The van der Waals surface area contributed by atoms with E-state index in [9.17, 15) is 18.0 Å². The van der Waals surface area contributed by atoms with Crippen LogP contribution in [0.4, 0.5) is 13.2 Å². The molecule has 2 aromatic carbocycles. The number of halogens is 3. The molecular formula is C25H27F3N4O2. The van der Waals surface area contributed by atoms with E-state index < -0.39 is 11.7 Å². The standard InChI is InChI=1S/C25H27F3N4O2/c26-25(27,28)20-4-1-17(2-5-20)16-31-11-13-32(14-12-31)24(33)23-30-21-15-19(3-6-22(21)34-23)18-7-9-29-10-8-18/h1-6,15,18,29H,7-14,16H2. The van der Waals surface area contributed by atoms with E-state index >= 15 is 0 Å². The molecule has 0 bridgehead atoms. The van der Waals surface area contributed by atoms with Crippen LogP contribution < -0.4 is 5.32 Å². The van der Waals surface area contributed by atoms with Crippen molar-refractivity contribution in [3.05, 3.63) is 65.0 Å². The molecule has 2 saturated heterocycles. The largest absolute Gasteiger partial charge is 0.432 e. The van der Waals surface area contributed by atoms with Crippen LogP contribution in [0, 0.1) is 0 Å². The number of carbonyl (C=O) groups is 1. The lowest BCUT2D eigenvalue weighted by Gasteiger charge is -2.34. The number of amides is 1. The highest BCUT2D eigenvalue weighted by Crippen LogP contribution is 2.30. The summed E-state index contributed by atoms with van der Waals surface area (Å²) in [4.78, 5) is 21.3. The molecule has 3 aromatic rings. The number of nitrogens with one attached hydrogen (secondary N) is 1. The van der Waals surface area contributed by atoms with Crippen LogP contribution in [0.2, 0.25) is 0 Å². The van der Waals surface area contributed by atoms with Crippen LogP contribution in [0.3, 0.4) is 0 Å². The third-order valence-electron chi connectivity index (χ3n) is 6.75. The summed E-state index contributed by atoms with van der Waals surface area (Å²) in [6.07, 6.45) is -2.15. The van der Waals surface area contributed by atoms with Gasteiger partial charge in [-0.3, -0.25) is 9.69 Å². The monoisotopic (exact) mass is 472 g/mol. The summed E-state index contributed by atoms with van der Waals surface area (Å²) in [5, 5.41) is 3.37.